The molecule has 0 aromatic heterocycles. The maximum Gasteiger partial charge on any atom is 0.221 e. The lowest BCUT2D eigenvalue weighted by atomic mass is 9.96. The van der Waals surface area contributed by atoms with E-state index >= 15 is 0 Å². The number of carbonyl (C=O) groups excluding carboxylic acids is 1. The van der Waals surface area contributed by atoms with Gasteiger partial charge >= 0.3 is 0 Å². The fraction of sp³-hybridized carbons (Fsp3) is 0.417. The molecule has 0 saturated heterocycles. The summed E-state index contributed by atoms with van der Waals surface area (Å²) in [6, 6.07) is 8.00. The number of rotatable bonds is 3. The van der Waals surface area contributed by atoms with Crippen LogP contribution in [0.5, 0.6) is 0 Å². The van der Waals surface area contributed by atoms with Gasteiger partial charge in [0.25, 0.3) is 0 Å². The number of nitrogens with two attached hydrogens (primary N) is 1. The molecule has 0 heterocycles. The lowest BCUT2D eigenvalue weighted by Crippen LogP contribution is -2.19. The Labute approximate surface area is 89.7 Å². The van der Waals surface area contributed by atoms with Crippen LogP contribution in [0.15, 0.2) is 24.3 Å². The molecule has 3 nitrogen and oxygen atoms in total. The van der Waals surface area contributed by atoms with E-state index in [0.717, 1.165) is 5.69 Å². The van der Waals surface area contributed by atoms with Gasteiger partial charge in [-0.15, -0.1) is 0 Å². The van der Waals surface area contributed by atoms with E-state index in [-0.39, 0.29) is 11.3 Å². The molecule has 2 rings (SSSR count). The number of nitrogens with one attached hydrogen (secondary N) is 1. The predicted octanol–water partition coefficient (Wildman–Crippen LogP) is 1.64. The number of carbonyl (C=O) groups is 1. The molecule has 0 radical (unpaired) electrons. The van der Waals surface area contributed by atoms with Crippen LogP contribution in [0.2, 0.25) is 0 Å². The summed E-state index contributed by atoms with van der Waals surface area (Å²) in [6.07, 6.45) is 2.37. The molecule has 0 aliphatic heterocycles. The van der Waals surface area contributed by atoms with Gasteiger partial charge in [0, 0.05) is 24.6 Å². The van der Waals surface area contributed by atoms with Crippen molar-refractivity contribution in [2.75, 3.05) is 11.9 Å². The second-order valence-electron chi connectivity index (χ2n) is 4.24. The Balaban J connectivity index is 2.14. The van der Waals surface area contributed by atoms with Crippen LogP contribution < -0.4 is 11.1 Å². The van der Waals surface area contributed by atoms with Crippen molar-refractivity contribution < 1.29 is 4.79 Å². The summed E-state index contributed by atoms with van der Waals surface area (Å²) in [5, 5.41) is 2.75. The minimum atomic E-state index is -0.0392. The van der Waals surface area contributed by atoms with Gasteiger partial charge in [-0.25, -0.2) is 0 Å². The zero-order valence-electron chi connectivity index (χ0n) is 8.92. The average Bonchev–Trinajstić information content (AvgIpc) is 2.99. The van der Waals surface area contributed by atoms with Crippen molar-refractivity contribution in [1.29, 1.82) is 0 Å². The highest BCUT2D eigenvalue weighted by Gasteiger charge is 2.42. The van der Waals surface area contributed by atoms with Crippen molar-refractivity contribution >= 4 is 11.6 Å². The van der Waals surface area contributed by atoms with Gasteiger partial charge in [0.05, 0.1) is 0 Å². The first-order chi connectivity index (χ1) is 7.16. The molecular weight excluding hydrogens is 188 g/mol. The highest BCUT2D eigenvalue weighted by atomic mass is 16.1. The Bertz CT molecular complexity index is 366. The first-order valence-corrected chi connectivity index (χ1v) is 5.24. The lowest BCUT2D eigenvalue weighted by molar-refractivity contribution is -0.114. The molecule has 3 heteroatoms. The summed E-state index contributed by atoms with van der Waals surface area (Å²) in [4.78, 5) is 10.8. The van der Waals surface area contributed by atoms with Crippen LogP contribution in [-0.4, -0.2) is 12.5 Å². The SMILES string of the molecule is CC(=O)Nc1ccc(C2(CN)CC2)cc1. The van der Waals surface area contributed by atoms with Crippen LogP contribution in [0.1, 0.15) is 25.3 Å². The van der Waals surface area contributed by atoms with Crippen molar-refractivity contribution in [3.05, 3.63) is 29.8 Å². The third-order valence-electron chi connectivity index (χ3n) is 3.06. The third kappa shape index (κ3) is 2.02. The van der Waals surface area contributed by atoms with Gasteiger partial charge in [0.1, 0.15) is 0 Å². The first-order valence-electron chi connectivity index (χ1n) is 5.24. The molecule has 1 aromatic rings. The van der Waals surface area contributed by atoms with E-state index in [1.54, 1.807) is 0 Å². The minimum Gasteiger partial charge on any atom is -0.330 e. The maximum atomic E-state index is 10.8. The number of hydrogen-bond acceptors (Lipinski definition) is 2. The summed E-state index contributed by atoms with van der Waals surface area (Å²) in [5.41, 5.74) is 8.12. The molecular formula is C12H16N2O. The number of anilines is 1. The van der Waals surface area contributed by atoms with E-state index in [1.807, 2.05) is 12.1 Å². The summed E-state index contributed by atoms with van der Waals surface area (Å²) in [7, 11) is 0. The monoisotopic (exact) mass is 204 g/mol. The second-order valence-corrected chi connectivity index (χ2v) is 4.24. The lowest BCUT2D eigenvalue weighted by Gasteiger charge is -2.13. The van der Waals surface area contributed by atoms with Gasteiger partial charge in [-0.05, 0) is 30.5 Å². The predicted molar refractivity (Wildman–Crippen MR) is 60.7 cm³/mol. The van der Waals surface area contributed by atoms with Gasteiger partial charge in [-0.1, -0.05) is 12.1 Å². The molecule has 0 atom stereocenters. The summed E-state index contributed by atoms with van der Waals surface area (Å²) >= 11 is 0. The standard InChI is InChI=1S/C12H16N2O/c1-9(15)14-11-4-2-10(3-5-11)12(8-13)6-7-12/h2-5H,6-8,13H2,1H3,(H,14,15). The Hall–Kier alpha value is -1.35. The minimum absolute atomic E-state index is 0.0392. The smallest absolute Gasteiger partial charge is 0.221 e. The van der Waals surface area contributed by atoms with E-state index in [9.17, 15) is 4.79 Å². The largest absolute Gasteiger partial charge is 0.330 e. The van der Waals surface area contributed by atoms with E-state index in [0.29, 0.717) is 6.54 Å². The molecule has 0 unspecified atom stereocenters. The molecule has 0 bridgehead atoms. The average molecular weight is 204 g/mol. The van der Waals surface area contributed by atoms with Gasteiger partial charge < -0.3 is 11.1 Å². The topological polar surface area (TPSA) is 55.1 Å². The van der Waals surface area contributed by atoms with Crippen molar-refractivity contribution in [3.8, 4) is 0 Å². The number of amides is 1. The van der Waals surface area contributed by atoms with Crippen LogP contribution in [0.3, 0.4) is 0 Å². The Morgan fingerprint density at radius 1 is 1.40 bits per heavy atom. The van der Waals surface area contributed by atoms with Crippen molar-refractivity contribution in [1.82, 2.24) is 0 Å². The van der Waals surface area contributed by atoms with Gasteiger partial charge in [-0.2, -0.15) is 0 Å². The summed E-state index contributed by atoms with van der Waals surface area (Å²) in [5.74, 6) is -0.0392. The Morgan fingerprint density at radius 3 is 2.40 bits per heavy atom. The maximum absolute atomic E-state index is 10.8. The molecule has 3 N–H and O–H groups in total. The van der Waals surface area contributed by atoms with Crippen molar-refractivity contribution in [2.45, 2.75) is 25.2 Å². The van der Waals surface area contributed by atoms with Crippen molar-refractivity contribution in [2.24, 2.45) is 5.73 Å². The molecule has 1 amide bonds. The number of benzene rings is 1. The van der Waals surface area contributed by atoms with E-state index in [4.69, 9.17) is 5.73 Å². The van der Waals surface area contributed by atoms with E-state index in [1.165, 1.54) is 25.3 Å². The highest BCUT2D eigenvalue weighted by Crippen LogP contribution is 2.47. The van der Waals surface area contributed by atoms with Crippen LogP contribution in [0.4, 0.5) is 5.69 Å². The van der Waals surface area contributed by atoms with Gasteiger partial charge in [-0.3, -0.25) is 4.79 Å². The quantitative estimate of drug-likeness (QED) is 0.786. The molecule has 1 aromatic carbocycles. The fourth-order valence-electron chi connectivity index (χ4n) is 1.87. The molecule has 1 aliphatic carbocycles. The summed E-state index contributed by atoms with van der Waals surface area (Å²) < 4.78 is 0. The van der Waals surface area contributed by atoms with E-state index in [2.05, 4.69) is 17.4 Å². The van der Waals surface area contributed by atoms with Gasteiger partial charge in [0.15, 0.2) is 0 Å². The zero-order chi connectivity index (χ0) is 10.9. The fourth-order valence-corrected chi connectivity index (χ4v) is 1.87. The molecule has 1 aliphatic rings. The van der Waals surface area contributed by atoms with Crippen molar-refractivity contribution in [3.63, 3.8) is 0 Å². The zero-order valence-corrected chi connectivity index (χ0v) is 8.92. The van der Waals surface area contributed by atoms with E-state index < -0.39 is 0 Å². The molecule has 15 heavy (non-hydrogen) atoms. The Kier molecular flexibility index (Phi) is 2.49. The normalized spacial score (nSPS) is 17.2. The van der Waals surface area contributed by atoms with Gasteiger partial charge in [0.2, 0.25) is 5.91 Å². The molecule has 1 fully saturated rings. The molecule has 80 valence electrons. The van der Waals surface area contributed by atoms with Crippen LogP contribution >= 0.6 is 0 Å². The third-order valence-corrected chi connectivity index (χ3v) is 3.06. The summed E-state index contributed by atoms with van der Waals surface area (Å²) in [6.45, 7) is 2.22. The Morgan fingerprint density at radius 2 is 2.00 bits per heavy atom. The van der Waals surface area contributed by atoms with Crippen LogP contribution in [0.25, 0.3) is 0 Å². The first kappa shape index (κ1) is 10.2. The highest BCUT2D eigenvalue weighted by molar-refractivity contribution is 5.88. The number of hydrogen-bond donors (Lipinski definition) is 2. The molecule has 1 saturated carbocycles. The van der Waals surface area contributed by atoms with Crippen LogP contribution in [-0.2, 0) is 10.2 Å². The second kappa shape index (κ2) is 3.66. The van der Waals surface area contributed by atoms with Crippen LogP contribution in [0, 0.1) is 0 Å². The molecule has 0 spiro atoms.